The van der Waals surface area contributed by atoms with Crippen LogP contribution in [-0.4, -0.2) is 8.42 Å². The zero-order valence-electron chi connectivity index (χ0n) is 2.70. The third kappa shape index (κ3) is 102. The fourth-order valence-corrected chi connectivity index (χ4v) is 0. The summed E-state index contributed by atoms with van der Waals surface area (Å²) < 4.78 is 18.7. The summed E-state index contributed by atoms with van der Waals surface area (Å²) in [4.78, 5) is 0. The Morgan fingerprint density at radius 3 is 1.50 bits per heavy atom. The molecule has 6 heavy (non-hydrogen) atoms. The molecule has 0 aliphatic carbocycles. The molecular formula is H4NNiO2PS+2. The van der Waals surface area contributed by atoms with Crippen LogP contribution < -0.4 is 5.14 Å². The van der Waals surface area contributed by atoms with Crippen LogP contribution in [0.3, 0.4) is 0 Å². The first kappa shape index (κ1) is 9.95. The Kier molecular flexibility index (Phi) is 4.84. The molecule has 0 radical (unpaired) electrons. The van der Waals surface area contributed by atoms with E-state index in [-0.39, 0.29) is 16.5 Å². The minimum absolute atomic E-state index is 0. The summed E-state index contributed by atoms with van der Waals surface area (Å²) in [5.74, 6) is 0. The van der Waals surface area contributed by atoms with Gasteiger partial charge in [0.15, 0.2) is 0 Å². The van der Waals surface area contributed by atoms with E-state index in [9.17, 15) is 8.42 Å². The Morgan fingerprint density at radius 2 is 1.50 bits per heavy atom. The molecule has 3 nitrogen and oxygen atoms in total. The summed E-state index contributed by atoms with van der Waals surface area (Å²) in [5, 5.41) is 4.29. The molecule has 6 heteroatoms. The van der Waals surface area contributed by atoms with Gasteiger partial charge in [-0.15, -0.1) is 0 Å². The molecule has 0 aromatic carbocycles. The first-order chi connectivity index (χ1) is 2.00. The molecule has 0 bridgehead atoms. The third-order valence-corrected chi connectivity index (χ3v) is 0. The molecule has 40 valence electrons. The monoisotopic (exact) mass is 171 g/mol. The van der Waals surface area contributed by atoms with Crippen molar-refractivity contribution in [2.75, 3.05) is 0 Å². The molecule has 0 aromatic heterocycles. The summed E-state index contributed by atoms with van der Waals surface area (Å²) in [5.41, 5.74) is 0. The number of rotatable bonds is 0. The quantitative estimate of drug-likeness (QED) is 0.378. The van der Waals surface area contributed by atoms with E-state index in [2.05, 4.69) is 5.14 Å². The normalized spacial score (nSPS) is 9.67. The average Bonchev–Trinajstić information content (AvgIpc) is 0.722. The van der Waals surface area contributed by atoms with Gasteiger partial charge in [0.05, 0.1) is 0 Å². The molecule has 1 atom stereocenters. The Hall–Kier alpha value is 0.834. The van der Waals surface area contributed by atoms with Crippen molar-refractivity contribution in [2.45, 2.75) is 0 Å². The summed E-state index contributed by atoms with van der Waals surface area (Å²) in [6.45, 7) is 0. The Bertz CT molecular complexity index is 96.7. The average molecular weight is 172 g/mol. The van der Waals surface area contributed by atoms with E-state index in [4.69, 9.17) is 0 Å². The van der Waals surface area contributed by atoms with Gasteiger partial charge >= 0.3 is 16.5 Å². The standard InChI is InChI=1S/H4NO2PS.Ni/c1-5(2,3)4;/h4H2,(H2,1,2,3);/q;+2. The minimum atomic E-state index is -3.25. The van der Waals surface area contributed by atoms with E-state index >= 15 is 0 Å². The van der Waals surface area contributed by atoms with E-state index in [1.807, 2.05) is 0 Å². The van der Waals surface area contributed by atoms with Crippen LogP contribution in [0.4, 0.5) is 0 Å². The fraction of sp³-hybridized carbons (Fsp3) is 0. The molecule has 0 aliphatic rings. The maximum absolute atomic E-state index is 9.37. The van der Waals surface area contributed by atoms with Gasteiger partial charge in [-0.25, -0.2) is 13.6 Å². The van der Waals surface area contributed by atoms with Gasteiger partial charge in [0.25, 0.3) is 0 Å². The molecule has 0 rings (SSSR count). The van der Waals surface area contributed by atoms with Crippen LogP contribution in [0.2, 0.25) is 0 Å². The molecule has 0 saturated heterocycles. The van der Waals surface area contributed by atoms with Crippen molar-refractivity contribution in [3.63, 3.8) is 0 Å². The third-order valence-electron chi connectivity index (χ3n) is 0. The van der Waals surface area contributed by atoms with Crippen molar-refractivity contribution in [1.82, 2.24) is 0 Å². The van der Waals surface area contributed by atoms with Gasteiger partial charge in [0.1, 0.15) is 0 Å². The van der Waals surface area contributed by atoms with E-state index in [1.165, 1.54) is 8.44 Å². The zero-order chi connectivity index (χ0) is 4.50. The number of hydrogen-bond donors (Lipinski definition) is 1. The Morgan fingerprint density at radius 1 is 1.50 bits per heavy atom. The van der Waals surface area contributed by atoms with Gasteiger partial charge in [-0.2, -0.15) is 0 Å². The topological polar surface area (TPSA) is 60.2 Å². The Labute approximate surface area is 48.6 Å². The van der Waals surface area contributed by atoms with Crippen molar-refractivity contribution in [3.8, 4) is 0 Å². The molecule has 0 amide bonds. The van der Waals surface area contributed by atoms with Gasteiger partial charge in [0, 0.05) is 8.44 Å². The molecule has 0 heterocycles. The molecule has 1 unspecified atom stereocenters. The van der Waals surface area contributed by atoms with Crippen molar-refractivity contribution in [2.24, 2.45) is 5.14 Å². The van der Waals surface area contributed by atoms with Crippen LogP contribution in [0.25, 0.3) is 0 Å². The Balaban J connectivity index is 0. The molecule has 0 aliphatic heterocycles. The van der Waals surface area contributed by atoms with E-state index in [0.717, 1.165) is 0 Å². The molecule has 0 saturated carbocycles. The SMILES string of the molecule is NS(=O)(=O)P.[Ni+2]. The number of nitrogens with two attached hydrogens (primary N) is 1. The van der Waals surface area contributed by atoms with Crippen molar-refractivity contribution >= 4 is 18.1 Å². The van der Waals surface area contributed by atoms with Crippen molar-refractivity contribution < 1.29 is 24.9 Å². The summed E-state index contributed by atoms with van der Waals surface area (Å²) >= 11 is 0. The molecule has 0 aromatic rings. The second-order valence-corrected chi connectivity index (χ2v) is 3.74. The second kappa shape index (κ2) is 2.92. The molecular weight excluding hydrogens is 168 g/mol. The molecule has 0 fully saturated rings. The summed E-state index contributed by atoms with van der Waals surface area (Å²) in [7, 11) is -1.78. The summed E-state index contributed by atoms with van der Waals surface area (Å²) in [6.07, 6.45) is 0. The van der Waals surface area contributed by atoms with Crippen LogP contribution in [0.15, 0.2) is 0 Å². The maximum atomic E-state index is 9.37. The first-order valence-electron chi connectivity index (χ1n) is 0.805. The molecule has 2 N–H and O–H groups in total. The van der Waals surface area contributed by atoms with Crippen LogP contribution in [0.1, 0.15) is 0 Å². The largest absolute Gasteiger partial charge is 2.00 e. The van der Waals surface area contributed by atoms with Crippen LogP contribution in [-0.2, 0) is 26.1 Å². The van der Waals surface area contributed by atoms with Crippen LogP contribution in [0, 0.1) is 0 Å². The fourth-order valence-electron chi connectivity index (χ4n) is 0. The van der Waals surface area contributed by atoms with Crippen molar-refractivity contribution in [1.29, 1.82) is 0 Å². The van der Waals surface area contributed by atoms with E-state index in [1.54, 1.807) is 0 Å². The van der Waals surface area contributed by atoms with Crippen LogP contribution >= 0.6 is 8.44 Å². The smallest absolute Gasteiger partial charge is 0.226 e. The van der Waals surface area contributed by atoms with Crippen LogP contribution in [0.5, 0.6) is 0 Å². The maximum Gasteiger partial charge on any atom is 2.00 e. The van der Waals surface area contributed by atoms with E-state index in [0.29, 0.717) is 0 Å². The van der Waals surface area contributed by atoms with Crippen molar-refractivity contribution in [3.05, 3.63) is 0 Å². The second-order valence-electron chi connectivity index (χ2n) is 0.589. The van der Waals surface area contributed by atoms with Gasteiger partial charge in [0.2, 0.25) is 9.64 Å². The van der Waals surface area contributed by atoms with Gasteiger partial charge in [-0.1, -0.05) is 0 Å². The predicted molar refractivity (Wildman–Crippen MR) is 22.8 cm³/mol. The van der Waals surface area contributed by atoms with Gasteiger partial charge < -0.3 is 0 Å². The zero-order valence-corrected chi connectivity index (χ0v) is 5.65. The summed E-state index contributed by atoms with van der Waals surface area (Å²) in [6, 6.07) is 0. The minimum Gasteiger partial charge on any atom is -0.226 e. The van der Waals surface area contributed by atoms with Gasteiger partial charge in [-0.3, -0.25) is 0 Å². The van der Waals surface area contributed by atoms with E-state index < -0.39 is 9.64 Å². The predicted octanol–water partition coefficient (Wildman–Crippen LogP) is -0.937. The first-order valence-corrected chi connectivity index (χ1v) is 3.83. The number of hydrogen-bond acceptors (Lipinski definition) is 2. The molecule has 0 spiro atoms. The van der Waals surface area contributed by atoms with Gasteiger partial charge in [-0.05, 0) is 0 Å².